The molecule has 0 bridgehead atoms. The molecule has 1 aliphatic heterocycles. The third kappa shape index (κ3) is 5.29. The van der Waals surface area contributed by atoms with Gasteiger partial charge in [0.1, 0.15) is 11.6 Å². The summed E-state index contributed by atoms with van der Waals surface area (Å²) in [6.07, 6.45) is -2.39. The number of benzene rings is 1. The van der Waals surface area contributed by atoms with E-state index in [0.717, 1.165) is 17.8 Å². The van der Waals surface area contributed by atoms with Gasteiger partial charge >= 0.3 is 6.18 Å². The summed E-state index contributed by atoms with van der Waals surface area (Å²) in [5, 5.41) is 2.97. The van der Waals surface area contributed by atoms with Crippen molar-refractivity contribution in [2.45, 2.75) is 38.3 Å². The van der Waals surface area contributed by atoms with Crippen LogP contribution in [0.15, 0.2) is 42.6 Å². The number of amides is 1. The molecule has 0 spiro atoms. The minimum atomic E-state index is -4.41. The van der Waals surface area contributed by atoms with E-state index in [4.69, 9.17) is 0 Å². The van der Waals surface area contributed by atoms with E-state index >= 15 is 0 Å². The summed E-state index contributed by atoms with van der Waals surface area (Å²) in [4.78, 5) is 18.4. The predicted octanol–water partition coefficient (Wildman–Crippen LogP) is 4.55. The molecular formula is C22H25F4N3O. The number of anilines is 1. The molecule has 0 radical (unpaired) electrons. The fourth-order valence-corrected chi connectivity index (χ4v) is 3.58. The van der Waals surface area contributed by atoms with Crippen LogP contribution in [0.1, 0.15) is 37.8 Å². The first kappa shape index (κ1) is 22.1. The van der Waals surface area contributed by atoms with E-state index in [2.05, 4.69) is 10.3 Å². The first-order chi connectivity index (χ1) is 14.1. The highest BCUT2D eigenvalue weighted by Crippen LogP contribution is 2.30. The monoisotopic (exact) mass is 423 g/mol. The molecule has 1 N–H and O–H groups in total. The molecule has 8 heteroatoms. The number of hydrogen-bond donors (Lipinski definition) is 1. The van der Waals surface area contributed by atoms with Crippen LogP contribution in [-0.2, 0) is 16.4 Å². The molecule has 0 aliphatic carbocycles. The lowest BCUT2D eigenvalue weighted by atomic mass is 9.84. The maximum atomic E-state index is 13.5. The highest BCUT2D eigenvalue weighted by atomic mass is 19.4. The number of hydrogen-bond acceptors (Lipinski definition) is 3. The van der Waals surface area contributed by atoms with E-state index in [1.54, 1.807) is 6.07 Å². The van der Waals surface area contributed by atoms with Crippen LogP contribution < -0.4 is 10.2 Å². The van der Waals surface area contributed by atoms with Crippen molar-refractivity contribution in [1.29, 1.82) is 0 Å². The van der Waals surface area contributed by atoms with Gasteiger partial charge in [-0.1, -0.05) is 26.0 Å². The van der Waals surface area contributed by atoms with Crippen molar-refractivity contribution in [1.82, 2.24) is 10.3 Å². The summed E-state index contributed by atoms with van der Waals surface area (Å²) >= 11 is 0. The van der Waals surface area contributed by atoms with Gasteiger partial charge in [-0.25, -0.2) is 9.37 Å². The highest BCUT2D eigenvalue weighted by molar-refractivity contribution is 5.79. The summed E-state index contributed by atoms with van der Waals surface area (Å²) in [6.45, 7) is 5.37. The van der Waals surface area contributed by atoms with Crippen LogP contribution in [0.2, 0.25) is 0 Å². The van der Waals surface area contributed by atoms with E-state index in [-0.39, 0.29) is 17.6 Å². The Morgan fingerprint density at radius 2 is 1.83 bits per heavy atom. The second-order valence-corrected chi connectivity index (χ2v) is 8.28. The maximum absolute atomic E-state index is 13.5. The van der Waals surface area contributed by atoms with Gasteiger partial charge in [-0.2, -0.15) is 13.2 Å². The average Bonchev–Trinajstić information content (AvgIpc) is 2.72. The lowest BCUT2D eigenvalue weighted by Crippen LogP contribution is -2.44. The van der Waals surface area contributed by atoms with Gasteiger partial charge in [0.25, 0.3) is 0 Å². The van der Waals surface area contributed by atoms with Crippen LogP contribution in [0.5, 0.6) is 0 Å². The van der Waals surface area contributed by atoms with Crippen molar-refractivity contribution >= 4 is 11.7 Å². The van der Waals surface area contributed by atoms with Gasteiger partial charge in [0, 0.05) is 37.2 Å². The number of carbonyl (C=O) groups is 1. The fourth-order valence-electron chi connectivity index (χ4n) is 3.58. The largest absolute Gasteiger partial charge is 0.417 e. The van der Waals surface area contributed by atoms with Crippen molar-refractivity contribution in [3.63, 3.8) is 0 Å². The second kappa shape index (κ2) is 8.62. The van der Waals surface area contributed by atoms with Crippen LogP contribution in [0.25, 0.3) is 0 Å². The van der Waals surface area contributed by atoms with Gasteiger partial charge in [-0.15, -0.1) is 0 Å². The number of rotatable bonds is 5. The molecule has 1 aromatic carbocycles. The van der Waals surface area contributed by atoms with Crippen molar-refractivity contribution in [3.05, 3.63) is 59.5 Å². The zero-order chi connectivity index (χ0) is 21.9. The van der Waals surface area contributed by atoms with E-state index in [0.29, 0.717) is 38.3 Å². The molecule has 0 unspecified atom stereocenters. The number of nitrogens with zero attached hydrogens (tertiary/aromatic N) is 2. The molecule has 162 valence electrons. The van der Waals surface area contributed by atoms with Crippen LogP contribution >= 0.6 is 0 Å². The lowest BCUT2D eigenvalue weighted by Gasteiger charge is -2.33. The zero-order valence-electron chi connectivity index (χ0n) is 17.0. The number of aromatic nitrogens is 1. The molecule has 30 heavy (non-hydrogen) atoms. The number of nitrogens with one attached hydrogen (secondary N) is 1. The Labute approximate surface area is 173 Å². The van der Waals surface area contributed by atoms with Crippen molar-refractivity contribution in [2.75, 3.05) is 24.5 Å². The molecular weight excluding hydrogens is 398 g/mol. The van der Waals surface area contributed by atoms with Gasteiger partial charge in [0.15, 0.2) is 0 Å². The van der Waals surface area contributed by atoms with Gasteiger partial charge < -0.3 is 10.2 Å². The van der Waals surface area contributed by atoms with Gasteiger partial charge in [-0.05, 0) is 42.7 Å². The van der Waals surface area contributed by atoms with Crippen LogP contribution in [0.4, 0.5) is 23.4 Å². The third-order valence-electron chi connectivity index (χ3n) is 5.58. The molecule has 0 atom stereocenters. The first-order valence-corrected chi connectivity index (χ1v) is 9.88. The van der Waals surface area contributed by atoms with Crippen LogP contribution in [-0.4, -0.2) is 30.5 Å². The molecule has 1 saturated heterocycles. The second-order valence-electron chi connectivity index (χ2n) is 8.28. The Bertz CT molecular complexity index is 873. The number of carbonyl (C=O) groups excluding carboxylic acids is 1. The quantitative estimate of drug-likeness (QED) is 0.718. The summed E-state index contributed by atoms with van der Waals surface area (Å²) in [7, 11) is 0. The summed E-state index contributed by atoms with van der Waals surface area (Å²) in [5.41, 5.74) is -0.379. The highest BCUT2D eigenvalue weighted by Gasteiger charge is 2.32. The molecule has 3 rings (SSSR count). The number of pyridine rings is 1. The van der Waals surface area contributed by atoms with Crippen molar-refractivity contribution in [3.8, 4) is 0 Å². The zero-order valence-corrected chi connectivity index (χ0v) is 17.0. The summed E-state index contributed by atoms with van der Waals surface area (Å²) < 4.78 is 51.5. The molecule has 0 saturated carbocycles. The molecule has 1 amide bonds. The maximum Gasteiger partial charge on any atom is 0.417 e. The standard InChI is InChI=1S/C22H25F4N3O/c1-21(2,16-4-3-5-18(23)12-16)14-28-20(30)15-8-10-29(11-9-15)19-7-6-17(13-27-19)22(24,25)26/h3-7,12-13,15H,8-11,14H2,1-2H3,(H,28,30). The fraction of sp³-hybridized carbons (Fsp3) is 0.455. The molecule has 4 nitrogen and oxygen atoms in total. The summed E-state index contributed by atoms with van der Waals surface area (Å²) in [5.74, 6) is -0.0521. The van der Waals surface area contributed by atoms with Gasteiger partial charge in [0.05, 0.1) is 5.56 Å². The summed E-state index contributed by atoms with van der Waals surface area (Å²) in [6, 6.07) is 8.74. The first-order valence-electron chi connectivity index (χ1n) is 9.88. The Morgan fingerprint density at radius 3 is 2.40 bits per heavy atom. The molecule has 1 aromatic heterocycles. The Kier molecular flexibility index (Phi) is 6.33. The van der Waals surface area contributed by atoms with Crippen LogP contribution in [0, 0.1) is 11.7 Å². The molecule has 1 aliphatic rings. The van der Waals surface area contributed by atoms with Gasteiger partial charge in [0.2, 0.25) is 5.91 Å². The van der Waals surface area contributed by atoms with Gasteiger partial charge in [-0.3, -0.25) is 4.79 Å². The van der Waals surface area contributed by atoms with E-state index in [1.807, 2.05) is 24.8 Å². The minimum Gasteiger partial charge on any atom is -0.357 e. The van der Waals surface area contributed by atoms with E-state index in [1.165, 1.54) is 18.2 Å². The third-order valence-corrected chi connectivity index (χ3v) is 5.58. The Morgan fingerprint density at radius 1 is 1.13 bits per heavy atom. The lowest BCUT2D eigenvalue weighted by molar-refractivity contribution is -0.137. The van der Waals surface area contributed by atoms with E-state index < -0.39 is 17.2 Å². The Balaban J connectivity index is 1.51. The minimum absolute atomic E-state index is 0.0560. The number of piperidine rings is 1. The van der Waals surface area contributed by atoms with Crippen molar-refractivity contribution in [2.24, 2.45) is 5.92 Å². The number of halogens is 4. The van der Waals surface area contributed by atoms with Crippen LogP contribution in [0.3, 0.4) is 0 Å². The topological polar surface area (TPSA) is 45.2 Å². The SMILES string of the molecule is CC(C)(CNC(=O)C1CCN(c2ccc(C(F)(F)F)cn2)CC1)c1cccc(F)c1. The normalized spacial score (nSPS) is 15.9. The predicted molar refractivity (Wildman–Crippen MR) is 107 cm³/mol. The van der Waals surface area contributed by atoms with Crippen molar-refractivity contribution < 1.29 is 22.4 Å². The smallest absolute Gasteiger partial charge is 0.357 e. The molecule has 1 fully saturated rings. The molecule has 2 aromatic rings. The molecule has 2 heterocycles. The Hall–Kier alpha value is -2.64. The average molecular weight is 423 g/mol. The van der Waals surface area contributed by atoms with E-state index in [9.17, 15) is 22.4 Å². The number of alkyl halides is 3.